The Labute approximate surface area is 256 Å². The van der Waals surface area contributed by atoms with E-state index in [0.29, 0.717) is 23.1 Å². The zero-order chi connectivity index (χ0) is 30.0. The summed E-state index contributed by atoms with van der Waals surface area (Å²) in [6.07, 6.45) is 4.91. The number of carbonyl (C=O) groups excluding carboxylic acids is 1. The van der Waals surface area contributed by atoms with Crippen molar-refractivity contribution in [3.8, 4) is 22.6 Å². The summed E-state index contributed by atoms with van der Waals surface area (Å²) >= 11 is 0. The number of nitrogens with one attached hydrogen (secondary N) is 3. The van der Waals surface area contributed by atoms with Gasteiger partial charge in [0.05, 0.1) is 17.1 Å². The Kier molecular flexibility index (Phi) is 7.33. The smallest absolute Gasteiger partial charge is 0.256 e. The Balaban J connectivity index is 1.21. The van der Waals surface area contributed by atoms with Gasteiger partial charge in [0.2, 0.25) is 5.95 Å². The number of amides is 1. The highest BCUT2D eigenvalue weighted by molar-refractivity contribution is 6.06. The van der Waals surface area contributed by atoms with Crippen LogP contribution in [0.15, 0.2) is 103 Å². The number of fused-ring (bicyclic) bond motifs is 1. The van der Waals surface area contributed by atoms with Crippen LogP contribution in [0.25, 0.3) is 28.3 Å². The predicted octanol–water partition coefficient (Wildman–Crippen LogP) is 7.15. The largest absolute Gasteiger partial charge is 0.324 e. The molecule has 0 radical (unpaired) electrons. The molecule has 8 heteroatoms. The van der Waals surface area contributed by atoms with Crippen LogP contribution >= 0.6 is 0 Å². The molecule has 0 saturated carbocycles. The molecule has 1 atom stereocenters. The summed E-state index contributed by atoms with van der Waals surface area (Å²) in [4.78, 5) is 27.7. The van der Waals surface area contributed by atoms with Gasteiger partial charge in [0.25, 0.3) is 5.91 Å². The number of imidazole rings is 1. The average Bonchev–Trinajstić information content (AvgIpc) is 3.71. The van der Waals surface area contributed by atoms with E-state index in [-0.39, 0.29) is 5.91 Å². The van der Waals surface area contributed by atoms with E-state index in [9.17, 15) is 4.79 Å². The summed E-state index contributed by atoms with van der Waals surface area (Å²) in [5.41, 5.74) is 9.55. The zero-order valence-electron chi connectivity index (χ0n) is 24.7. The maximum atomic E-state index is 13.2. The Bertz CT molecular complexity index is 1950. The number of nitrogens with zero attached hydrogens (tertiary/aromatic N) is 4. The van der Waals surface area contributed by atoms with Crippen molar-refractivity contribution in [3.63, 3.8) is 0 Å². The minimum atomic E-state index is -0.132. The third-order valence-corrected chi connectivity index (χ3v) is 8.23. The molecule has 0 aliphatic carbocycles. The number of pyridine rings is 1. The van der Waals surface area contributed by atoms with Crippen LogP contribution in [0.4, 0.5) is 17.3 Å². The van der Waals surface area contributed by atoms with Crippen molar-refractivity contribution in [3.05, 3.63) is 126 Å². The number of aromatic nitrogens is 4. The third-order valence-electron chi connectivity index (χ3n) is 8.23. The topological polar surface area (TPSA) is 96.2 Å². The molecule has 1 fully saturated rings. The molecule has 0 spiro atoms. The molecule has 1 amide bonds. The number of hydrogen-bond donors (Lipinski definition) is 3. The van der Waals surface area contributed by atoms with Gasteiger partial charge >= 0.3 is 0 Å². The molecule has 3 N–H and O–H groups in total. The fourth-order valence-corrected chi connectivity index (χ4v) is 6.01. The van der Waals surface area contributed by atoms with Gasteiger partial charge in [0.1, 0.15) is 5.65 Å². The molecule has 44 heavy (non-hydrogen) atoms. The van der Waals surface area contributed by atoms with Crippen molar-refractivity contribution in [2.75, 3.05) is 23.7 Å². The van der Waals surface area contributed by atoms with Gasteiger partial charge < -0.3 is 16.0 Å². The molecule has 1 saturated heterocycles. The molecule has 218 valence electrons. The fourth-order valence-electron chi connectivity index (χ4n) is 6.01. The van der Waals surface area contributed by atoms with Gasteiger partial charge in [-0.2, -0.15) is 0 Å². The van der Waals surface area contributed by atoms with E-state index in [1.54, 1.807) is 6.20 Å². The van der Waals surface area contributed by atoms with Crippen LogP contribution in [-0.4, -0.2) is 38.3 Å². The van der Waals surface area contributed by atoms with Crippen molar-refractivity contribution >= 4 is 28.9 Å². The number of aryl methyl sites for hydroxylation is 2. The first kappa shape index (κ1) is 27.5. The third kappa shape index (κ3) is 5.43. The SMILES string of the molecule is Cc1cccc(C)c1C(=O)Nc1cccc(-c2nc3ccccn3c2-c2ccnc(Nc3ccc(C4CCNC4)cc3)n2)c1. The van der Waals surface area contributed by atoms with Crippen LogP contribution < -0.4 is 16.0 Å². The second-order valence-electron chi connectivity index (χ2n) is 11.2. The average molecular weight is 580 g/mol. The van der Waals surface area contributed by atoms with E-state index in [0.717, 1.165) is 58.2 Å². The highest BCUT2D eigenvalue weighted by atomic mass is 16.1. The predicted molar refractivity (Wildman–Crippen MR) is 175 cm³/mol. The summed E-state index contributed by atoms with van der Waals surface area (Å²) in [6.45, 7) is 6.01. The second kappa shape index (κ2) is 11.7. The quantitative estimate of drug-likeness (QED) is 0.186. The lowest BCUT2D eigenvalue weighted by atomic mass is 9.98. The van der Waals surface area contributed by atoms with E-state index in [1.807, 2.05) is 91.2 Å². The van der Waals surface area contributed by atoms with Gasteiger partial charge in [-0.15, -0.1) is 0 Å². The minimum absolute atomic E-state index is 0.132. The Morgan fingerprint density at radius 1 is 0.886 bits per heavy atom. The second-order valence-corrected chi connectivity index (χ2v) is 11.2. The van der Waals surface area contributed by atoms with Gasteiger partial charge in [-0.05, 0) is 91.9 Å². The highest BCUT2D eigenvalue weighted by Crippen LogP contribution is 2.34. The lowest BCUT2D eigenvalue weighted by Gasteiger charge is -2.12. The first-order chi connectivity index (χ1) is 21.5. The van der Waals surface area contributed by atoms with Crippen molar-refractivity contribution in [2.45, 2.75) is 26.2 Å². The van der Waals surface area contributed by atoms with Crippen LogP contribution in [0.5, 0.6) is 0 Å². The van der Waals surface area contributed by atoms with Crippen molar-refractivity contribution in [1.82, 2.24) is 24.7 Å². The fraction of sp³-hybridized carbons (Fsp3) is 0.167. The van der Waals surface area contributed by atoms with Crippen LogP contribution in [0.1, 0.15) is 39.4 Å². The monoisotopic (exact) mass is 579 g/mol. The van der Waals surface area contributed by atoms with Crippen LogP contribution in [0.2, 0.25) is 0 Å². The van der Waals surface area contributed by atoms with Crippen molar-refractivity contribution < 1.29 is 4.79 Å². The summed E-state index contributed by atoms with van der Waals surface area (Å²) in [6, 6.07) is 30.0. The number of anilines is 3. The normalized spacial score (nSPS) is 14.5. The number of benzene rings is 3. The van der Waals surface area contributed by atoms with Crippen molar-refractivity contribution in [1.29, 1.82) is 0 Å². The van der Waals surface area contributed by atoms with E-state index in [2.05, 4.69) is 45.2 Å². The molecule has 1 unspecified atom stereocenters. The maximum absolute atomic E-state index is 13.2. The highest BCUT2D eigenvalue weighted by Gasteiger charge is 2.20. The standard InChI is InChI=1S/C36H33N7O/c1-23-7-5-8-24(2)32(23)35(44)39-29-10-6-9-26(21-29)33-34(43-20-4-3-11-31(43)42-33)30-17-19-38-36(41-30)40-28-14-12-25(13-15-28)27-16-18-37-22-27/h3-15,17,19-21,27,37H,16,18,22H2,1-2H3,(H,39,44)(H,38,40,41). The summed E-state index contributed by atoms with van der Waals surface area (Å²) in [5, 5.41) is 9.89. The molecule has 0 bridgehead atoms. The molecule has 3 aromatic carbocycles. The molecule has 6 aromatic rings. The molecular weight excluding hydrogens is 546 g/mol. The summed E-state index contributed by atoms with van der Waals surface area (Å²) in [5.74, 6) is 0.937. The molecule has 4 heterocycles. The molecular formula is C36H33N7O. The van der Waals surface area contributed by atoms with Gasteiger partial charge in [-0.3, -0.25) is 9.20 Å². The number of rotatable bonds is 7. The summed E-state index contributed by atoms with van der Waals surface area (Å²) in [7, 11) is 0. The van der Waals surface area contributed by atoms with Crippen LogP contribution in [0, 0.1) is 13.8 Å². The van der Waals surface area contributed by atoms with Gasteiger partial charge in [-0.1, -0.05) is 48.5 Å². The van der Waals surface area contributed by atoms with Gasteiger partial charge in [0, 0.05) is 41.4 Å². The van der Waals surface area contributed by atoms with E-state index in [4.69, 9.17) is 9.97 Å². The Morgan fingerprint density at radius 2 is 1.70 bits per heavy atom. The Morgan fingerprint density at radius 3 is 2.50 bits per heavy atom. The molecule has 1 aliphatic heterocycles. The summed E-state index contributed by atoms with van der Waals surface area (Å²) < 4.78 is 2.04. The minimum Gasteiger partial charge on any atom is -0.324 e. The first-order valence-electron chi connectivity index (χ1n) is 14.9. The molecule has 3 aromatic heterocycles. The maximum Gasteiger partial charge on any atom is 0.256 e. The lowest BCUT2D eigenvalue weighted by Crippen LogP contribution is -2.15. The van der Waals surface area contributed by atoms with Gasteiger partial charge in [0.15, 0.2) is 0 Å². The first-order valence-corrected chi connectivity index (χ1v) is 14.9. The van der Waals surface area contributed by atoms with E-state index >= 15 is 0 Å². The zero-order valence-corrected chi connectivity index (χ0v) is 24.7. The van der Waals surface area contributed by atoms with Crippen molar-refractivity contribution in [2.24, 2.45) is 0 Å². The molecule has 8 nitrogen and oxygen atoms in total. The van der Waals surface area contributed by atoms with E-state index < -0.39 is 0 Å². The Hall–Kier alpha value is -5.34. The number of carbonyl (C=O) groups is 1. The van der Waals surface area contributed by atoms with E-state index in [1.165, 1.54) is 12.0 Å². The number of hydrogen-bond acceptors (Lipinski definition) is 6. The molecule has 1 aliphatic rings. The molecule has 7 rings (SSSR count). The lowest BCUT2D eigenvalue weighted by molar-refractivity contribution is 0.102. The van der Waals surface area contributed by atoms with Gasteiger partial charge in [-0.25, -0.2) is 15.0 Å². The van der Waals surface area contributed by atoms with Crippen LogP contribution in [-0.2, 0) is 0 Å². The van der Waals surface area contributed by atoms with Crippen LogP contribution in [0.3, 0.4) is 0 Å².